The molecule has 98 valence electrons. The standard InChI is InChI=1S/C19H11NO/c1-2-6-13-10-17-16(9-12(13)5-1)18-19(21-17)15-8-4-3-7-14(15)11-20-18/h1-11H. The van der Waals surface area contributed by atoms with Crippen molar-refractivity contribution in [2.75, 3.05) is 0 Å². The minimum atomic E-state index is 0.874. The number of aromatic nitrogens is 1. The first kappa shape index (κ1) is 10.9. The Hall–Kier alpha value is -2.87. The van der Waals surface area contributed by atoms with Crippen LogP contribution in [0.2, 0.25) is 0 Å². The summed E-state index contributed by atoms with van der Waals surface area (Å²) in [6.45, 7) is 0. The van der Waals surface area contributed by atoms with Crippen molar-refractivity contribution in [3.8, 4) is 0 Å². The highest BCUT2D eigenvalue weighted by Gasteiger charge is 2.12. The van der Waals surface area contributed by atoms with E-state index >= 15 is 0 Å². The van der Waals surface area contributed by atoms with E-state index in [1.165, 1.54) is 10.8 Å². The van der Waals surface area contributed by atoms with Gasteiger partial charge in [-0.3, -0.25) is 4.98 Å². The van der Waals surface area contributed by atoms with Crippen LogP contribution in [-0.2, 0) is 0 Å². The van der Waals surface area contributed by atoms with E-state index in [2.05, 4.69) is 47.4 Å². The van der Waals surface area contributed by atoms with Crippen LogP contribution in [0.4, 0.5) is 0 Å². The van der Waals surface area contributed by atoms with Gasteiger partial charge in [-0.25, -0.2) is 0 Å². The highest BCUT2D eigenvalue weighted by atomic mass is 16.3. The molecule has 0 unspecified atom stereocenters. The van der Waals surface area contributed by atoms with Gasteiger partial charge in [-0.15, -0.1) is 0 Å². The van der Waals surface area contributed by atoms with Gasteiger partial charge in [-0.2, -0.15) is 0 Å². The van der Waals surface area contributed by atoms with Crippen LogP contribution in [0, 0.1) is 0 Å². The summed E-state index contributed by atoms with van der Waals surface area (Å²) in [7, 11) is 0. The summed E-state index contributed by atoms with van der Waals surface area (Å²) in [5.41, 5.74) is 2.71. The molecule has 0 bridgehead atoms. The maximum atomic E-state index is 6.11. The molecule has 0 N–H and O–H groups in total. The molecule has 0 aliphatic rings. The Morgan fingerprint density at radius 3 is 2.29 bits per heavy atom. The second-order valence-corrected chi connectivity index (χ2v) is 5.32. The zero-order valence-corrected chi connectivity index (χ0v) is 11.2. The maximum Gasteiger partial charge on any atom is 0.161 e. The molecule has 2 aromatic heterocycles. The molecule has 0 atom stereocenters. The Morgan fingerprint density at radius 2 is 1.43 bits per heavy atom. The van der Waals surface area contributed by atoms with Gasteiger partial charge in [0.15, 0.2) is 5.58 Å². The number of hydrogen-bond acceptors (Lipinski definition) is 2. The van der Waals surface area contributed by atoms with Gasteiger partial charge in [0, 0.05) is 22.4 Å². The van der Waals surface area contributed by atoms with Crippen molar-refractivity contribution in [1.29, 1.82) is 0 Å². The van der Waals surface area contributed by atoms with E-state index in [4.69, 9.17) is 4.42 Å². The average Bonchev–Trinajstić information content (AvgIpc) is 2.90. The first-order valence-electron chi connectivity index (χ1n) is 6.99. The largest absolute Gasteiger partial charge is 0.454 e. The normalized spacial score (nSPS) is 11.8. The van der Waals surface area contributed by atoms with Crippen molar-refractivity contribution >= 4 is 43.6 Å². The Morgan fingerprint density at radius 1 is 0.714 bits per heavy atom. The van der Waals surface area contributed by atoms with E-state index < -0.39 is 0 Å². The van der Waals surface area contributed by atoms with Crippen LogP contribution in [0.1, 0.15) is 0 Å². The minimum absolute atomic E-state index is 0.874. The molecular weight excluding hydrogens is 258 g/mol. The van der Waals surface area contributed by atoms with Crippen molar-refractivity contribution in [3.05, 3.63) is 66.9 Å². The van der Waals surface area contributed by atoms with E-state index in [1.54, 1.807) is 0 Å². The number of benzene rings is 3. The fourth-order valence-electron chi connectivity index (χ4n) is 3.03. The zero-order chi connectivity index (χ0) is 13.8. The van der Waals surface area contributed by atoms with Crippen LogP contribution < -0.4 is 0 Å². The highest BCUT2D eigenvalue weighted by Crippen LogP contribution is 2.34. The monoisotopic (exact) mass is 269 g/mol. The van der Waals surface area contributed by atoms with Crippen LogP contribution in [0.5, 0.6) is 0 Å². The molecule has 2 nitrogen and oxygen atoms in total. The molecule has 5 rings (SSSR count). The molecule has 3 aromatic carbocycles. The number of fused-ring (bicyclic) bond motifs is 6. The van der Waals surface area contributed by atoms with Crippen molar-refractivity contribution in [2.24, 2.45) is 0 Å². The minimum Gasteiger partial charge on any atom is -0.454 e. The molecule has 2 heterocycles. The van der Waals surface area contributed by atoms with Crippen LogP contribution in [-0.4, -0.2) is 4.98 Å². The third-order valence-corrected chi connectivity index (χ3v) is 4.07. The topological polar surface area (TPSA) is 26.0 Å². The molecule has 0 saturated heterocycles. The van der Waals surface area contributed by atoms with Gasteiger partial charge in [-0.05, 0) is 22.9 Å². The second kappa shape index (κ2) is 3.83. The van der Waals surface area contributed by atoms with Crippen molar-refractivity contribution in [2.45, 2.75) is 0 Å². The summed E-state index contributed by atoms with van der Waals surface area (Å²) < 4.78 is 6.11. The van der Waals surface area contributed by atoms with Gasteiger partial charge in [0.05, 0.1) is 0 Å². The molecule has 5 aromatic rings. The number of hydrogen-bond donors (Lipinski definition) is 0. The molecule has 0 aliphatic carbocycles. The van der Waals surface area contributed by atoms with Gasteiger partial charge in [-0.1, -0.05) is 48.5 Å². The van der Waals surface area contributed by atoms with Gasteiger partial charge in [0.2, 0.25) is 0 Å². The quantitative estimate of drug-likeness (QED) is 0.382. The summed E-state index contributed by atoms with van der Waals surface area (Å²) in [5, 5.41) is 5.70. The first-order valence-corrected chi connectivity index (χ1v) is 6.99. The fourth-order valence-corrected chi connectivity index (χ4v) is 3.03. The Bertz CT molecular complexity index is 1140. The van der Waals surface area contributed by atoms with Crippen molar-refractivity contribution in [3.63, 3.8) is 0 Å². The summed E-state index contributed by atoms with van der Waals surface area (Å²) in [5.74, 6) is 0. The summed E-state index contributed by atoms with van der Waals surface area (Å²) in [6, 6.07) is 20.8. The molecular formula is C19H11NO. The first-order chi connectivity index (χ1) is 10.4. The Balaban J connectivity index is 2.04. The molecule has 21 heavy (non-hydrogen) atoms. The lowest BCUT2D eigenvalue weighted by Crippen LogP contribution is -1.78. The SMILES string of the molecule is c1ccc2cc3c(cc2c1)oc1c2ccccc2cnc31. The van der Waals surface area contributed by atoms with Crippen LogP contribution in [0.3, 0.4) is 0 Å². The third-order valence-electron chi connectivity index (χ3n) is 4.07. The lowest BCUT2D eigenvalue weighted by atomic mass is 10.1. The predicted octanol–water partition coefficient (Wildman–Crippen LogP) is 5.29. The van der Waals surface area contributed by atoms with Crippen molar-refractivity contribution < 1.29 is 4.42 Å². The average molecular weight is 269 g/mol. The summed E-state index contributed by atoms with van der Waals surface area (Å²) in [6.07, 6.45) is 1.92. The lowest BCUT2D eigenvalue weighted by molar-refractivity contribution is 0.672. The highest BCUT2D eigenvalue weighted by molar-refractivity contribution is 6.15. The Kier molecular flexibility index (Phi) is 1.98. The van der Waals surface area contributed by atoms with Gasteiger partial charge < -0.3 is 4.42 Å². The number of furan rings is 1. The smallest absolute Gasteiger partial charge is 0.161 e. The van der Waals surface area contributed by atoms with E-state index in [9.17, 15) is 0 Å². The molecule has 0 amide bonds. The Labute approximate surface area is 120 Å². The molecule has 0 spiro atoms. The predicted molar refractivity (Wildman–Crippen MR) is 86.5 cm³/mol. The number of pyridine rings is 1. The van der Waals surface area contributed by atoms with Crippen LogP contribution in [0.25, 0.3) is 43.6 Å². The molecule has 0 fully saturated rings. The van der Waals surface area contributed by atoms with Crippen LogP contribution >= 0.6 is 0 Å². The van der Waals surface area contributed by atoms with E-state index in [-0.39, 0.29) is 0 Å². The van der Waals surface area contributed by atoms with Gasteiger partial charge >= 0.3 is 0 Å². The van der Waals surface area contributed by atoms with Gasteiger partial charge in [0.1, 0.15) is 11.1 Å². The van der Waals surface area contributed by atoms with E-state index in [0.717, 1.165) is 32.8 Å². The van der Waals surface area contributed by atoms with Crippen LogP contribution in [0.15, 0.2) is 71.3 Å². The maximum absolute atomic E-state index is 6.11. The number of rotatable bonds is 0. The summed E-state index contributed by atoms with van der Waals surface area (Å²) >= 11 is 0. The lowest BCUT2D eigenvalue weighted by Gasteiger charge is -1.97. The van der Waals surface area contributed by atoms with E-state index in [1.807, 2.05) is 24.4 Å². The summed E-state index contributed by atoms with van der Waals surface area (Å²) in [4.78, 5) is 4.61. The van der Waals surface area contributed by atoms with Crippen molar-refractivity contribution in [1.82, 2.24) is 4.98 Å². The molecule has 0 radical (unpaired) electrons. The molecule has 2 heteroatoms. The number of nitrogens with zero attached hydrogens (tertiary/aromatic N) is 1. The van der Waals surface area contributed by atoms with Gasteiger partial charge in [0.25, 0.3) is 0 Å². The zero-order valence-electron chi connectivity index (χ0n) is 11.2. The molecule has 0 saturated carbocycles. The van der Waals surface area contributed by atoms with E-state index in [0.29, 0.717) is 0 Å². The fraction of sp³-hybridized carbons (Fsp3) is 0. The second-order valence-electron chi connectivity index (χ2n) is 5.32. The third kappa shape index (κ3) is 1.44. The molecule has 0 aliphatic heterocycles.